The Morgan fingerprint density at radius 3 is 2.47 bits per heavy atom. The van der Waals surface area contributed by atoms with Crippen LogP contribution in [0.3, 0.4) is 0 Å². The molecule has 1 heterocycles. The lowest BCUT2D eigenvalue weighted by atomic mass is 9.95. The first-order chi connectivity index (χ1) is 14.3. The number of carbonyl (C=O) groups is 2. The van der Waals surface area contributed by atoms with Gasteiger partial charge in [0.15, 0.2) is 5.11 Å². The lowest BCUT2D eigenvalue weighted by Gasteiger charge is -2.35. The van der Waals surface area contributed by atoms with Crippen LogP contribution in [0.2, 0.25) is 0 Å². The van der Waals surface area contributed by atoms with Gasteiger partial charge in [-0.25, -0.2) is 4.79 Å². The first-order valence-electron chi connectivity index (χ1n) is 9.24. The molecule has 0 fully saturated rings. The van der Waals surface area contributed by atoms with Crippen LogP contribution in [0.1, 0.15) is 28.9 Å². The summed E-state index contributed by atoms with van der Waals surface area (Å²) >= 11 is 5.38. The first kappa shape index (κ1) is 21.3. The molecule has 156 valence electrons. The first-order valence-corrected chi connectivity index (χ1v) is 9.65. The third-order valence-corrected chi connectivity index (χ3v) is 5.38. The molecule has 0 spiro atoms. The number of benzene rings is 2. The average molecular weight is 426 g/mol. The number of methoxy groups -OCH3 is 2. The highest BCUT2D eigenvalue weighted by molar-refractivity contribution is 7.80. The highest BCUT2D eigenvalue weighted by Gasteiger charge is 2.33. The van der Waals surface area contributed by atoms with Gasteiger partial charge in [0, 0.05) is 24.0 Å². The van der Waals surface area contributed by atoms with E-state index in [2.05, 4.69) is 10.6 Å². The molecule has 8 heteroatoms. The fourth-order valence-corrected chi connectivity index (χ4v) is 3.44. The Hall–Kier alpha value is -3.39. The molecule has 0 bridgehead atoms. The molecule has 0 aliphatic carbocycles. The highest BCUT2D eigenvalue weighted by Crippen LogP contribution is 2.31. The summed E-state index contributed by atoms with van der Waals surface area (Å²) in [6, 6.07) is 13.7. The second-order valence-corrected chi connectivity index (χ2v) is 7.13. The predicted molar refractivity (Wildman–Crippen MR) is 118 cm³/mol. The predicted octanol–water partition coefficient (Wildman–Crippen LogP) is 3.26. The van der Waals surface area contributed by atoms with Crippen molar-refractivity contribution in [1.82, 2.24) is 10.2 Å². The summed E-state index contributed by atoms with van der Waals surface area (Å²) in [6.45, 7) is 1.83. The summed E-state index contributed by atoms with van der Waals surface area (Å²) in [6.07, 6.45) is 0. The Kier molecular flexibility index (Phi) is 6.37. The Morgan fingerprint density at radius 1 is 1.13 bits per heavy atom. The minimum absolute atomic E-state index is 0.244. The van der Waals surface area contributed by atoms with Crippen molar-refractivity contribution in [3.8, 4) is 5.75 Å². The quantitative estimate of drug-likeness (QED) is 0.562. The zero-order valence-corrected chi connectivity index (χ0v) is 18.0. The van der Waals surface area contributed by atoms with E-state index in [1.165, 1.54) is 7.11 Å². The molecule has 2 N–H and O–H groups in total. The zero-order valence-electron chi connectivity index (χ0n) is 17.2. The van der Waals surface area contributed by atoms with Gasteiger partial charge < -0.3 is 25.0 Å². The van der Waals surface area contributed by atoms with Crippen molar-refractivity contribution in [3.63, 3.8) is 0 Å². The molecule has 1 aliphatic rings. The van der Waals surface area contributed by atoms with Crippen LogP contribution in [0.5, 0.6) is 5.75 Å². The molecule has 2 aromatic carbocycles. The van der Waals surface area contributed by atoms with Crippen LogP contribution >= 0.6 is 12.2 Å². The summed E-state index contributed by atoms with van der Waals surface area (Å²) < 4.78 is 10.1. The van der Waals surface area contributed by atoms with Crippen LogP contribution < -0.4 is 15.4 Å². The number of rotatable bonds is 5. The number of allylic oxidation sites excluding steroid dienone is 1. The minimum Gasteiger partial charge on any atom is -0.497 e. The molecule has 3 rings (SSSR count). The van der Waals surface area contributed by atoms with E-state index < -0.39 is 12.0 Å². The third-order valence-electron chi connectivity index (χ3n) is 4.99. The molecule has 0 aromatic heterocycles. The largest absolute Gasteiger partial charge is 0.497 e. The van der Waals surface area contributed by atoms with E-state index in [1.807, 2.05) is 19.1 Å². The van der Waals surface area contributed by atoms with Crippen molar-refractivity contribution in [1.29, 1.82) is 0 Å². The maximum Gasteiger partial charge on any atom is 0.337 e. The van der Waals surface area contributed by atoms with Gasteiger partial charge in [0.2, 0.25) is 0 Å². The fraction of sp³-hybridized carbons (Fsp3) is 0.227. The SMILES string of the molecule is COC(=O)C1=C(C)N(C)C(=S)NC1c1ccc(NC(=O)c2cccc(OC)c2)cc1. The van der Waals surface area contributed by atoms with Crippen LogP contribution in [-0.4, -0.2) is 43.2 Å². The summed E-state index contributed by atoms with van der Waals surface area (Å²) in [5, 5.41) is 6.55. The number of anilines is 1. The molecular weight excluding hydrogens is 402 g/mol. The van der Waals surface area contributed by atoms with Gasteiger partial charge in [0.1, 0.15) is 5.75 Å². The third kappa shape index (κ3) is 4.28. The van der Waals surface area contributed by atoms with E-state index in [0.29, 0.717) is 27.7 Å². The summed E-state index contributed by atoms with van der Waals surface area (Å²) in [7, 11) is 4.70. The van der Waals surface area contributed by atoms with E-state index in [1.54, 1.807) is 55.5 Å². The summed E-state index contributed by atoms with van der Waals surface area (Å²) in [5.41, 5.74) is 3.16. The molecule has 0 saturated heterocycles. The van der Waals surface area contributed by atoms with Gasteiger partial charge in [-0.15, -0.1) is 0 Å². The van der Waals surface area contributed by atoms with Crippen molar-refractivity contribution in [2.45, 2.75) is 13.0 Å². The summed E-state index contributed by atoms with van der Waals surface area (Å²) in [5.74, 6) is -0.0548. The second kappa shape index (κ2) is 8.96. The number of ether oxygens (including phenoxy) is 2. The minimum atomic E-state index is -0.440. The fourth-order valence-electron chi connectivity index (χ4n) is 3.19. The molecule has 0 saturated carbocycles. The number of nitrogens with one attached hydrogen (secondary N) is 2. The number of hydrogen-bond acceptors (Lipinski definition) is 5. The molecule has 1 unspecified atom stereocenters. The van der Waals surface area contributed by atoms with Crippen molar-refractivity contribution in [2.75, 3.05) is 26.6 Å². The Bertz CT molecular complexity index is 1020. The molecular formula is C22H23N3O4S. The molecule has 7 nitrogen and oxygen atoms in total. The average Bonchev–Trinajstić information content (AvgIpc) is 2.77. The van der Waals surface area contributed by atoms with E-state index in [0.717, 1.165) is 11.3 Å². The maximum atomic E-state index is 12.5. The Morgan fingerprint density at radius 2 is 1.83 bits per heavy atom. The van der Waals surface area contributed by atoms with Crippen molar-refractivity contribution < 1.29 is 19.1 Å². The number of amides is 1. The van der Waals surface area contributed by atoms with Crippen molar-refractivity contribution in [2.24, 2.45) is 0 Å². The molecule has 0 radical (unpaired) electrons. The van der Waals surface area contributed by atoms with Gasteiger partial charge in [0.25, 0.3) is 5.91 Å². The van der Waals surface area contributed by atoms with Gasteiger partial charge in [-0.1, -0.05) is 18.2 Å². The Labute approximate surface area is 180 Å². The van der Waals surface area contributed by atoms with Gasteiger partial charge in [-0.05, 0) is 55.0 Å². The van der Waals surface area contributed by atoms with E-state index in [4.69, 9.17) is 21.7 Å². The summed E-state index contributed by atoms with van der Waals surface area (Å²) in [4.78, 5) is 26.6. The van der Waals surface area contributed by atoms with Crippen LogP contribution in [0, 0.1) is 0 Å². The molecule has 1 aliphatic heterocycles. The van der Waals surface area contributed by atoms with Gasteiger partial charge in [0.05, 0.1) is 25.8 Å². The lowest BCUT2D eigenvalue weighted by molar-refractivity contribution is -0.136. The monoisotopic (exact) mass is 425 g/mol. The van der Waals surface area contributed by atoms with Crippen molar-refractivity contribution >= 4 is 34.9 Å². The number of thiocarbonyl (C=S) groups is 1. The van der Waals surface area contributed by atoms with Crippen LogP contribution in [-0.2, 0) is 9.53 Å². The molecule has 1 amide bonds. The van der Waals surface area contributed by atoms with Crippen molar-refractivity contribution in [3.05, 3.63) is 70.9 Å². The van der Waals surface area contributed by atoms with Crippen LogP contribution in [0.25, 0.3) is 0 Å². The van der Waals surface area contributed by atoms with Crippen LogP contribution in [0.4, 0.5) is 5.69 Å². The van der Waals surface area contributed by atoms with E-state index >= 15 is 0 Å². The van der Waals surface area contributed by atoms with Crippen LogP contribution in [0.15, 0.2) is 59.8 Å². The van der Waals surface area contributed by atoms with Gasteiger partial charge in [-0.2, -0.15) is 0 Å². The van der Waals surface area contributed by atoms with E-state index in [-0.39, 0.29) is 5.91 Å². The topological polar surface area (TPSA) is 79.9 Å². The smallest absolute Gasteiger partial charge is 0.337 e. The Balaban J connectivity index is 1.83. The maximum absolute atomic E-state index is 12.5. The van der Waals surface area contributed by atoms with E-state index in [9.17, 15) is 9.59 Å². The number of nitrogens with zero attached hydrogens (tertiary/aromatic N) is 1. The van der Waals surface area contributed by atoms with Gasteiger partial charge >= 0.3 is 5.97 Å². The second-order valence-electron chi connectivity index (χ2n) is 6.74. The number of hydrogen-bond donors (Lipinski definition) is 2. The van der Waals surface area contributed by atoms with Gasteiger partial charge in [-0.3, -0.25) is 4.79 Å². The zero-order chi connectivity index (χ0) is 21.8. The molecule has 1 atom stereocenters. The normalized spacial score (nSPS) is 16.1. The highest BCUT2D eigenvalue weighted by atomic mass is 32.1. The standard InChI is InChI=1S/C22H23N3O4S/c1-13-18(21(27)29-4)19(24-22(30)25(13)2)14-8-10-16(11-9-14)23-20(26)15-6-5-7-17(12-15)28-3/h5-12,19H,1-4H3,(H,23,26)(H,24,30). The number of esters is 1. The lowest BCUT2D eigenvalue weighted by Crippen LogP contribution is -2.46. The molecule has 2 aromatic rings. The number of carbonyl (C=O) groups excluding carboxylic acids is 2. The molecule has 30 heavy (non-hydrogen) atoms.